The van der Waals surface area contributed by atoms with Gasteiger partial charge in [0, 0.05) is 0 Å². The molecule has 0 aliphatic rings. The van der Waals surface area contributed by atoms with Crippen molar-refractivity contribution < 1.29 is 14.2 Å². The third-order valence-corrected chi connectivity index (χ3v) is 11.0. The first-order chi connectivity index (χ1) is 22.3. The Balaban J connectivity index is 2.33. The summed E-state index contributed by atoms with van der Waals surface area (Å²) in [6.45, 7) is 8.60. The molecule has 264 valence electrons. The molecule has 0 saturated heterocycles. The molecule has 1 heterocycles. The molecule has 0 aromatic carbocycles. The van der Waals surface area contributed by atoms with Crippen molar-refractivity contribution in [2.75, 3.05) is 54.3 Å². The summed E-state index contributed by atoms with van der Waals surface area (Å²) >= 11 is 6.06. The molecule has 0 fully saturated rings. The van der Waals surface area contributed by atoms with Crippen molar-refractivity contribution >= 4 is 35.3 Å². The van der Waals surface area contributed by atoms with E-state index in [2.05, 4.69) is 35.7 Å². The van der Waals surface area contributed by atoms with Crippen molar-refractivity contribution in [1.29, 1.82) is 0 Å². The fraction of sp³-hybridized carbons (Fsp3) is 0.917. The fourth-order valence-electron chi connectivity index (χ4n) is 4.75. The number of ether oxygens (including phenoxy) is 3. The van der Waals surface area contributed by atoms with Crippen LogP contribution in [0, 0.1) is 0 Å². The molecule has 0 bridgehead atoms. The standard InChI is InChI=1S/C36H69N3O3S3/c1-4-7-10-13-16-19-28-43-31-22-25-40-34-37-35(41-26-23-32-44-29-20-17-14-11-8-5-2)39-36(38-34)42-27-24-33-45-30-21-18-15-12-9-6-3/h4-33H2,1-3H3. The van der Waals surface area contributed by atoms with Gasteiger partial charge in [0.25, 0.3) is 0 Å². The normalized spacial score (nSPS) is 11.3. The lowest BCUT2D eigenvalue weighted by Crippen LogP contribution is -2.10. The van der Waals surface area contributed by atoms with E-state index in [-0.39, 0.29) is 0 Å². The highest BCUT2D eigenvalue weighted by Crippen LogP contribution is 2.18. The van der Waals surface area contributed by atoms with Gasteiger partial charge in [-0.1, -0.05) is 117 Å². The zero-order valence-corrected chi connectivity index (χ0v) is 32.0. The molecule has 9 heteroatoms. The zero-order valence-electron chi connectivity index (χ0n) is 29.5. The van der Waals surface area contributed by atoms with Crippen LogP contribution in [-0.2, 0) is 0 Å². The Morgan fingerprint density at radius 3 is 0.867 bits per heavy atom. The molecule has 1 rings (SSSR count). The summed E-state index contributed by atoms with van der Waals surface area (Å²) in [6, 6.07) is 0.933. The Kier molecular flexibility index (Phi) is 32.8. The first-order valence-electron chi connectivity index (χ1n) is 18.7. The molecule has 0 amide bonds. The highest BCUT2D eigenvalue weighted by molar-refractivity contribution is 7.99. The Morgan fingerprint density at radius 2 is 0.578 bits per heavy atom. The number of nitrogens with zero attached hydrogens (tertiary/aromatic N) is 3. The van der Waals surface area contributed by atoms with Crippen molar-refractivity contribution in [2.45, 2.75) is 156 Å². The number of unbranched alkanes of at least 4 members (excludes halogenated alkanes) is 15. The lowest BCUT2D eigenvalue weighted by atomic mass is 10.1. The van der Waals surface area contributed by atoms with E-state index >= 15 is 0 Å². The van der Waals surface area contributed by atoms with Crippen LogP contribution in [0.3, 0.4) is 0 Å². The average molecular weight is 688 g/mol. The van der Waals surface area contributed by atoms with Crippen LogP contribution >= 0.6 is 35.3 Å². The Hall–Kier alpha value is -0.540. The Labute approximate surface area is 291 Å². The smallest absolute Gasteiger partial charge is 0.325 e. The van der Waals surface area contributed by atoms with E-state index in [1.54, 1.807) is 0 Å². The van der Waals surface area contributed by atoms with Gasteiger partial charge in [-0.2, -0.15) is 35.3 Å². The number of hydrogen-bond acceptors (Lipinski definition) is 9. The Morgan fingerprint density at radius 1 is 0.333 bits per heavy atom. The molecule has 0 N–H and O–H groups in total. The topological polar surface area (TPSA) is 66.4 Å². The van der Waals surface area contributed by atoms with E-state index in [0.29, 0.717) is 37.9 Å². The van der Waals surface area contributed by atoms with Crippen molar-refractivity contribution in [2.24, 2.45) is 0 Å². The van der Waals surface area contributed by atoms with Gasteiger partial charge in [0.1, 0.15) is 0 Å². The first kappa shape index (κ1) is 42.5. The van der Waals surface area contributed by atoms with Gasteiger partial charge in [0.05, 0.1) is 19.8 Å². The maximum Gasteiger partial charge on any atom is 0.325 e. The molecule has 1 aromatic heterocycles. The molecule has 1 aromatic rings. The summed E-state index contributed by atoms with van der Waals surface area (Å²) in [5, 5.41) is 0. The maximum absolute atomic E-state index is 5.93. The van der Waals surface area contributed by atoms with Crippen LogP contribution in [-0.4, -0.2) is 69.3 Å². The highest BCUT2D eigenvalue weighted by atomic mass is 32.2. The van der Waals surface area contributed by atoms with E-state index < -0.39 is 0 Å². The van der Waals surface area contributed by atoms with Gasteiger partial charge in [-0.15, -0.1) is 15.0 Å². The minimum Gasteiger partial charge on any atom is -0.463 e. The van der Waals surface area contributed by atoms with Gasteiger partial charge >= 0.3 is 18.0 Å². The predicted octanol–water partition coefficient (Wildman–Crippen LogP) is 11.5. The molecule has 0 atom stereocenters. The molecular weight excluding hydrogens is 619 g/mol. The van der Waals surface area contributed by atoms with Crippen LogP contribution in [0.5, 0.6) is 18.0 Å². The summed E-state index contributed by atoms with van der Waals surface area (Å²) < 4.78 is 17.8. The van der Waals surface area contributed by atoms with Crippen molar-refractivity contribution in [1.82, 2.24) is 15.0 Å². The van der Waals surface area contributed by atoms with Gasteiger partial charge in [0.15, 0.2) is 0 Å². The number of aromatic nitrogens is 3. The summed E-state index contributed by atoms with van der Waals surface area (Å²) in [5.74, 6) is 7.01. The molecule has 0 aliphatic heterocycles. The summed E-state index contributed by atoms with van der Waals surface area (Å²) in [4.78, 5) is 13.3. The molecule has 0 spiro atoms. The lowest BCUT2D eigenvalue weighted by molar-refractivity contribution is 0.236. The summed E-state index contributed by atoms with van der Waals surface area (Å²) in [5.41, 5.74) is 0. The molecule has 0 aliphatic carbocycles. The molecule has 6 nitrogen and oxygen atoms in total. The van der Waals surface area contributed by atoms with Crippen molar-refractivity contribution in [3.63, 3.8) is 0 Å². The molecule has 0 unspecified atom stereocenters. The van der Waals surface area contributed by atoms with Crippen LogP contribution < -0.4 is 14.2 Å². The van der Waals surface area contributed by atoms with Gasteiger partial charge in [-0.05, 0) is 73.0 Å². The van der Waals surface area contributed by atoms with Gasteiger partial charge in [-0.3, -0.25) is 0 Å². The third kappa shape index (κ3) is 29.3. The minimum absolute atomic E-state index is 0.311. The second kappa shape index (κ2) is 34.8. The zero-order chi connectivity index (χ0) is 32.3. The maximum atomic E-state index is 5.93. The van der Waals surface area contributed by atoms with E-state index in [9.17, 15) is 0 Å². The minimum atomic E-state index is 0.311. The third-order valence-electron chi connectivity index (χ3n) is 7.49. The van der Waals surface area contributed by atoms with Crippen LogP contribution in [0.4, 0.5) is 0 Å². The van der Waals surface area contributed by atoms with E-state index in [0.717, 1.165) is 36.5 Å². The van der Waals surface area contributed by atoms with Gasteiger partial charge < -0.3 is 14.2 Å². The second-order valence-corrected chi connectivity index (χ2v) is 15.6. The lowest BCUT2D eigenvalue weighted by Gasteiger charge is -2.10. The Bertz CT molecular complexity index is 641. The van der Waals surface area contributed by atoms with Gasteiger partial charge in [0.2, 0.25) is 0 Å². The van der Waals surface area contributed by atoms with Crippen LogP contribution in [0.1, 0.15) is 156 Å². The van der Waals surface area contributed by atoms with E-state index in [1.807, 2.05) is 35.3 Å². The van der Waals surface area contributed by atoms with E-state index in [1.165, 1.54) is 133 Å². The summed E-state index contributed by atoms with van der Waals surface area (Å²) in [6.07, 6.45) is 27.3. The van der Waals surface area contributed by atoms with Crippen molar-refractivity contribution in [3.05, 3.63) is 0 Å². The van der Waals surface area contributed by atoms with Crippen LogP contribution in [0.25, 0.3) is 0 Å². The monoisotopic (exact) mass is 687 g/mol. The number of thioether (sulfide) groups is 3. The molecule has 45 heavy (non-hydrogen) atoms. The quantitative estimate of drug-likeness (QED) is 0.0641. The molecular formula is C36H69N3O3S3. The van der Waals surface area contributed by atoms with Gasteiger partial charge in [-0.25, -0.2) is 0 Å². The predicted molar refractivity (Wildman–Crippen MR) is 202 cm³/mol. The van der Waals surface area contributed by atoms with E-state index in [4.69, 9.17) is 14.2 Å². The first-order valence-corrected chi connectivity index (χ1v) is 22.1. The highest BCUT2D eigenvalue weighted by Gasteiger charge is 2.10. The number of hydrogen-bond donors (Lipinski definition) is 0. The number of rotatable bonds is 36. The fourth-order valence-corrected chi connectivity index (χ4v) is 7.55. The van der Waals surface area contributed by atoms with Crippen molar-refractivity contribution in [3.8, 4) is 18.0 Å². The van der Waals surface area contributed by atoms with Crippen LogP contribution in [0.15, 0.2) is 0 Å². The SMILES string of the molecule is CCCCCCCCSCCCOc1nc(OCCCSCCCCCCCC)nc(OCCCSCCCCCCCC)n1. The largest absolute Gasteiger partial charge is 0.463 e. The summed E-state index contributed by atoms with van der Waals surface area (Å²) in [7, 11) is 0. The molecule has 0 radical (unpaired) electrons. The van der Waals surface area contributed by atoms with Crippen LogP contribution in [0.2, 0.25) is 0 Å². The molecule has 0 saturated carbocycles. The second-order valence-electron chi connectivity index (χ2n) is 11.9. The average Bonchev–Trinajstić information content (AvgIpc) is 3.05.